The molecule has 0 bridgehead atoms. The highest BCUT2D eigenvalue weighted by Gasteiger charge is 1.99. The van der Waals surface area contributed by atoms with Crippen LogP contribution in [0.4, 0.5) is 5.82 Å². The van der Waals surface area contributed by atoms with Gasteiger partial charge in [-0.2, -0.15) is 10.2 Å². The summed E-state index contributed by atoms with van der Waals surface area (Å²) in [6.45, 7) is 3.89. The number of aromatic nitrogens is 4. The van der Waals surface area contributed by atoms with Crippen LogP contribution in [0.15, 0.2) is 24.7 Å². The Morgan fingerprint density at radius 2 is 2.24 bits per heavy atom. The lowest BCUT2D eigenvalue weighted by molar-refractivity contribution is 0.602. The number of aryl methyl sites for hydroxylation is 2. The molecular formula is C11H18ClN5. The number of halogens is 1. The number of rotatable bonds is 5. The molecule has 2 rings (SSSR count). The highest BCUT2D eigenvalue weighted by molar-refractivity contribution is 5.85. The van der Waals surface area contributed by atoms with E-state index in [0.29, 0.717) is 0 Å². The van der Waals surface area contributed by atoms with Crippen molar-refractivity contribution in [2.75, 3.05) is 5.32 Å². The van der Waals surface area contributed by atoms with E-state index in [-0.39, 0.29) is 12.4 Å². The Kier molecular flexibility index (Phi) is 5.03. The summed E-state index contributed by atoms with van der Waals surface area (Å²) in [7, 11) is 1.91. The first kappa shape index (κ1) is 13.6. The van der Waals surface area contributed by atoms with Gasteiger partial charge in [0, 0.05) is 44.2 Å². The van der Waals surface area contributed by atoms with Crippen LogP contribution >= 0.6 is 12.4 Å². The molecule has 0 aromatic carbocycles. The Morgan fingerprint density at radius 3 is 2.88 bits per heavy atom. The minimum absolute atomic E-state index is 0. The van der Waals surface area contributed by atoms with E-state index in [9.17, 15) is 0 Å². The van der Waals surface area contributed by atoms with Gasteiger partial charge in [-0.05, 0) is 6.42 Å². The summed E-state index contributed by atoms with van der Waals surface area (Å²) in [5, 5.41) is 11.8. The zero-order valence-corrected chi connectivity index (χ0v) is 10.9. The molecular weight excluding hydrogens is 238 g/mol. The lowest BCUT2D eigenvalue weighted by atomic mass is 10.3. The molecule has 0 unspecified atom stereocenters. The second-order valence-electron chi connectivity index (χ2n) is 3.84. The molecule has 5 nitrogen and oxygen atoms in total. The fourth-order valence-electron chi connectivity index (χ4n) is 1.55. The van der Waals surface area contributed by atoms with Crippen molar-refractivity contribution in [3.8, 4) is 0 Å². The summed E-state index contributed by atoms with van der Waals surface area (Å²) in [5.41, 5.74) is 1.18. The van der Waals surface area contributed by atoms with Gasteiger partial charge >= 0.3 is 0 Å². The first-order valence-electron chi connectivity index (χ1n) is 5.53. The molecule has 0 saturated heterocycles. The van der Waals surface area contributed by atoms with Crippen LogP contribution in [-0.2, 0) is 20.1 Å². The van der Waals surface area contributed by atoms with Crippen LogP contribution < -0.4 is 5.32 Å². The third-order valence-electron chi connectivity index (χ3n) is 2.33. The maximum atomic E-state index is 4.27. The standard InChI is InChI=1S/C11H17N5.ClH/c1-3-5-16-9-10(8-13-16)7-12-11-4-6-15(2)14-11;/h4,6,8-9H,3,5,7H2,1-2H3,(H,12,14);1H. The molecule has 0 atom stereocenters. The van der Waals surface area contributed by atoms with Crippen LogP contribution in [0.25, 0.3) is 0 Å². The minimum Gasteiger partial charge on any atom is -0.364 e. The third-order valence-corrected chi connectivity index (χ3v) is 2.33. The molecule has 1 N–H and O–H groups in total. The molecule has 0 aliphatic rings. The predicted molar refractivity (Wildman–Crippen MR) is 70.3 cm³/mol. The van der Waals surface area contributed by atoms with E-state index in [1.807, 2.05) is 30.2 Å². The maximum Gasteiger partial charge on any atom is 0.148 e. The SMILES string of the molecule is CCCn1cc(CNc2ccn(C)n2)cn1.Cl. The second kappa shape index (κ2) is 6.30. The maximum absolute atomic E-state index is 4.27. The summed E-state index contributed by atoms with van der Waals surface area (Å²) in [4.78, 5) is 0. The second-order valence-corrected chi connectivity index (χ2v) is 3.84. The summed E-state index contributed by atoms with van der Waals surface area (Å²) < 4.78 is 3.75. The van der Waals surface area contributed by atoms with Gasteiger partial charge in [-0.15, -0.1) is 12.4 Å². The Balaban J connectivity index is 0.00000144. The molecule has 0 fully saturated rings. The van der Waals surface area contributed by atoms with Gasteiger partial charge in [0.05, 0.1) is 6.20 Å². The summed E-state index contributed by atoms with van der Waals surface area (Å²) in [5.74, 6) is 0.894. The van der Waals surface area contributed by atoms with Gasteiger partial charge in [0.15, 0.2) is 0 Å². The number of anilines is 1. The van der Waals surface area contributed by atoms with Crippen molar-refractivity contribution in [1.29, 1.82) is 0 Å². The Hall–Kier alpha value is -1.49. The number of hydrogen-bond acceptors (Lipinski definition) is 3. The van der Waals surface area contributed by atoms with Gasteiger partial charge in [0.2, 0.25) is 0 Å². The van der Waals surface area contributed by atoms with E-state index in [1.54, 1.807) is 4.68 Å². The van der Waals surface area contributed by atoms with Crippen molar-refractivity contribution >= 4 is 18.2 Å². The highest BCUT2D eigenvalue weighted by atomic mass is 35.5. The molecule has 17 heavy (non-hydrogen) atoms. The molecule has 0 radical (unpaired) electrons. The molecule has 0 aliphatic heterocycles. The van der Waals surface area contributed by atoms with Gasteiger partial charge in [-0.25, -0.2) is 0 Å². The molecule has 0 saturated carbocycles. The van der Waals surface area contributed by atoms with Gasteiger partial charge in [0.25, 0.3) is 0 Å². The molecule has 2 aromatic rings. The van der Waals surface area contributed by atoms with Crippen LogP contribution in [0.3, 0.4) is 0 Å². The van der Waals surface area contributed by atoms with Crippen LogP contribution in [0, 0.1) is 0 Å². The van der Waals surface area contributed by atoms with Crippen molar-refractivity contribution in [1.82, 2.24) is 19.6 Å². The van der Waals surface area contributed by atoms with E-state index in [1.165, 1.54) is 5.56 Å². The van der Waals surface area contributed by atoms with Gasteiger partial charge in [0.1, 0.15) is 5.82 Å². The number of nitrogens with zero attached hydrogens (tertiary/aromatic N) is 4. The summed E-state index contributed by atoms with van der Waals surface area (Å²) in [6, 6.07) is 1.95. The Labute approximate surface area is 107 Å². The average Bonchev–Trinajstić information content (AvgIpc) is 2.85. The van der Waals surface area contributed by atoms with Crippen molar-refractivity contribution < 1.29 is 0 Å². The van der Waals surface area contributed by atoms with Crippen LogP contribution in [0.5, 0.6) is 0 Å². The van der Waals surface area contributed by atoms with Crippen LogP contribution in [0.1, 0.15) is 18.9 Å². The fourth-order valence-corrected chi connectivity index (χ4v) is 1.55. The molecule has 94 valence electrons. The first-order valence-corrected chi connectivity index (χ1v) is 5.53. The Morgan fingerprint density at radius 1 is 1.41 bits per heavy atom. The van der Waals surface area contributed by atoms with E-state index in [0.717, 1.165) is 25.3 Å². The highest BCUT2D eigenvalue weighted by Crippen LogP contribution is 2.05. The normalized spacial score (nSPS) is 10.0. The van der Waals surface area contributed by atoms with Crippen molar-refractivity contribution in [2.24, 2.45) is 7.05 Å². The molecule has 2 heterocycles. The van der Waals surface area contributed by atoms with Crippen molar-refractivity contribution in [3.05, 3.63) is 30.2 Å². The van der Waals surface area contributed by atoms with Gasteiger partial charge in [-0.3, -0.25) is 9.36 Å². The van der Waals surface area contributed by atoms with E-state index in [2.05, 4.69) is 28.6 Å². The van der Waals surface area contributed by atoms with Gasteiger partial charge in [-0.1, -0.05) is 6.92 Å². The van der Waals surface area contributed by atoms with Crippen molar-refractivity contribution in [3.63, 3.8) is 0 Å². The fraction of sp³-hybridized carbons (Fsp3) is 0.455. The van der Waals surface area contributed by atoms with Crippen LogP contribution in [0.2, 0.25) is 0 Å². The Bertz CT molecular complexity index is 448. The summed E-state index contributed by atoms with van der Waals surface area (Å²) >= 11 is 0. The molecule has 6 heteroatoms. The minimum atomic E-state index is 0. The lowest BCUT2D eigenvalue weighted by Gasteiger charge is -1.99. The average molecular weight is 256 g/mol. The summed E-state index contributed by atoms with van der Waals surface area (Å²) in [6.07, 6.45) is 6.99. The van der Waals surface area contributed by atoms with Crippen LogP contribution in [-0.4, -0.2) is 19.6 Å². The molecule has 2 aromatic heterocycles. The molecule has 0 aliphatic carbocycles. The topological polar surface area (TPSA) is 47.7 Å². The zero-order valence-electron chi connectivity index (χ0n) is 10.1. The quantitative estimate of drug-likeness (QED) is 0.890. The molecule has 0 spiro atoms. The number of hydrogen-bond donors (Lipinski definition) is 1. The predicted octanol–water partition coefficient (Wildman–Crippen LogP) is 2.06. The van der Waals surface area contributed by atoms with E-state index >= 15 is 0 Å². The third kappa shape index (κ3) is 3.78. The number of nitrogens with one attached hydrogen (secondary N) is 1. The molecule has 0 amide bonds. The largest absolute Gasteiger partial charge is 0.364 e. The van der Waals surface area contributed by atoms with E-state index < -0.39 is 0 Å². The lowest BCUT2D eigenvalue weighted by Crippen LogP contribution is -2.00. The van der Waals surface area contributed by atoms with E-state index in [4.69, 9.17) is 0 Å². The zero-order chi connectivity index (χ0) is 11.4. The van der Waals surface area contributed by atoms with Gasteiger partial charge < -0.3 is 5.32 Å². The smallest absolute Gasteiger partial charge is 0.148 e. The first-order chi connectivity index (χ1) is 7.78. The van der Waals surface area contributed by atoms with Crippen molar-refractivity contribution in [2.45, 2.75) is 26.4 Å². The monoisotopic (exact) mass is 255 g/mol.